The second kappa shape index (κ2) is 6.54. The van der Waals surface area contributed by atoms with Gasteiger partial charge < -0.3 is 10.1 Å². The molecule has 1 saturated heterocycles. The lowest BCUT2D eigenvalue weighted by Crippen LogP contribution is -2.52. The van der Waals surface area contributed by atoms with Crippen molar-refractivity contribution in [1.82, 2.24) is 4.90 Å². The van der Waals surface area contributed by atoms with Crippen LogP contribution in [-0.4, -0.2) is 42.1 Å². The maximum absolute atomic E-state index is 13.5. The second-order valence-corrected chi connectivity index (χ2v) is 5.84. The van der Waals surface area contributed by atoms with E-state index in [1.54, 1.807) is 19.1 Å². The van der Waals surface area contributed by atoms with Gasteiger partial charge in [0.1, 0.15) is 5.82 Å². The first-order valence-electron chi connectivity index (χ1n) is 7.33. The Morgan fingerprint density at radius 3 is 2.57 bits per heavy atom. The van der Waals surface area contributed by atoms with Gasteiger partial charge in [0.15, 0.2) is 0 Å². The molecule has 2 rings (SSSR count). The number of morpholine rings is 1. The van der Waals surface area contributed by atoms with Gasteiger partial charge in [-0.2, -0.15) is 0 Å². The molecule has 1 fully saturated rings. The van der Waals surface area contributed by atoms with E-state index >= 15 is 0 Å². The minimum Gasteiger partial charge on any atom is -0.373 e. The molecular weight excluding hydrogens is 271 g/mol. The molecule has 1 N–H and O–H groups in total. The van der Waals surface area contributed by atoms with Gasteiger partial charge in [-0.15, -0.1) is 0 Å². The van der Waals surface area contributed by atoms with Gasteiger partial charge in [0.25, 0.3) is 0 Å². The van der Waals surface area contributed by atoms with E-state index in [0.29, 0.717) is 11.3 Å². The molecule has 1 aromatic carbocycles. The number of halogens is 1. The Morgan fingerprint density at radius 2 is 2.00 bits per heavy atom. The van der Waals surface area contributed by atoms with Gasteiger partial charge in [-0.3, -0.25) is 9.69 Å². The Balaban J connectivity index is 2.00. The topological polar surface area (TPSA) is 41.6 Å². The molecule has 1 aliphatic heterocycles. The average Bonchev–Trinajstić information content (AvgIpc) is 2.41. The molecule has 4 nitrogen and oxygen atoms in total. The molecule has 0 spiro atoms. The summed E-state index contributed by atoms with van der Waals surface area (Å²) in [5.41, 5.74) is 1.06. The number of rotatable bonds is 3. The summed E-state index contributed by atoms with van der Waals surface area (Å²) in [5, 5.41) is 2.78. The number of hydrogen-bond acceptors (Lipinski definition) is 3. The van der Waals surface area contributed by atoms with Crippen LogP contribution in [0, 0.1) is 12.7 Å². The number of ether oxygens (including phenoxy) is 1. The molecule has 0 unspecified atom stereocenters. The quantitative estimate of drug-likeness (QED) is 0.931. The van der Waals surface area contributed by atoms with Crippen molar-refractivity contribution >= 4 is 11.6 Å². The molecule has 0 radical (unpaired) electrons. The summed E-state index contributed by atoms with van der Waals surface area (Å²) in [7, 11) is 0. The number of carbonyl (C=O) groups excluding carboxylic acids is 1. The van der Waals surface area contributed by atoms with Crippen molar-refractivity contribution in [2.45, 2.75) is 45.9 Å². The van der Waals surface area contributed by atoms with Crippen molar-refractivity contribution in [3.63, 3.8) is 0 Å². The lowest BCUT2D eigenvalue weighted by Gasteiger charge is -2.38. The monoisotopic (exact) mass is 294 g/mol. The summed E-state index contributed by atoms with van der Waals surface area (Å²) in [6, 6.07) is 4.45. The molecule has 21 heavy (non-hydrogen) atoms. The lowest BCUT2D eigenvalue weighted by atomic mass is 10.1. The lowest BCUT2D eigenvalue weighted by molar-refractivity contribution is -0.126. The smallest absolute Gasteiger partial charge is 0.241 e. The number of nitrogens with one attached hydrogen (secondary N) is 1. The Morgan fingerprint density at radius 1 is 1.38 bits per heavy atom. The van der Waals surface area contributed by atoms with Gasteiger partial charge in [-0.05, 0) is 45.4 Å². The SMILES string of the molecule is Cc1ccc(NC(=O)[C@@H](C)N2C[C@@H](C)O[C@H](C)C2)cc1F. The first kappa shape index (κ1) is 15.9. The Hall–Kier alpha value is -1.46. The number of carbonyl (C=O) groups is 1. The predicted octanol–water partition coefficient (Wildman–Crippen LogP) is 2.57. The van der Waals surface area contributed by atoms with Crippen molar-refractivity contribution in [3.8, 4) is 0 Å². The van der Waals surface area contributed by atoms with Crippen molar-refractivity contribution in [1.29, 1.82) is 0 Å². The Bertz CT molecular complexity index is 511. The highest BCUT2D eigenvalue weighted by molar-refractivity contribution is 5.94. The van der Waals surface area contributed by atoms with Gasteiger partial charge in [0, 0.05) is 18.8 Å². The van der Waals surface area contributed by atoms with Crippen molar-refractivity contribution in [2.75, 3.05) is 18.4 Å². The van der Waals surface area contributed by atoms with E-state index in [1.165, 1.54) is 6.07 Å². The predicted molar refractivity (Wildman–Crippen MR) is 80.8 cm³/mol. The first-order valence-corrected chi connectivity index (χ1v) is 7.33. The van der Waals surface area contributed by atoms with E-state index < -0.39 is 0 Å². The van der Waals surface area contributed by atoms with Gasteiger partial charge in [0.2, 0.25) is 5.91 Å². The van der Waals surface area contributed by atoms with Crippen LogP contribution in [-0.2, 0) is 9.53 Å². The van der Waals surface area contributed by atoms with E-state index in [4.69, 9.17) is 4.74 Å². The summed E-state index contributed by atoms with van der Waals surface area (Å²) >= 11 is 0. The zero-order valence-corrected chi connectivity index (χ0v) is 13.0. The molecule has 0 bridgehead atoms. The summed E-state index contributed by atoms with van der Waals surface area (Å²) in [4.78, 5) is 14.4. The number of anilines is 1. The van der Waals surface area contributed by atoms with E-state index in [2.05, 4.69) is 10.2 Å². The number of hydrogen-bond donors (Lipinski definition) is 1. The molecule has 5 heteroatoms. The van der Waals surface area contributed by atoms with Crippen molar-refractivity contribution in [2.24, 2.45) is 0 Å². The highest BCUT2D eigenvalue weighted by atomic mass is 19.1. The average molecular weight is 294 g/mol. The molecule has 0 aromatic heterocycles. The fraction of sp³-hybridized carbons (Fsp3) is 0.562. The number of amides is 1. The normalized spacial score (nSPS) is 24.6. The number of aryl methyl sites for hydroxylation is 1. The molecule has 0 aliphatic carbocycles. The largest absolute Gasteiger partial charge is 0.373 e. The van der Waals surface area contributed by atoms with Gasteiger partial charge in [0.05, 0.1) is 18.2 Å². The first-order chi connectivity index (χ1) is 9.86. The van der Waals surface area contributed by atoms with Gasteiger partial charge in [-0.25, -0.2) is 4.39 Å². The molecule has 1 heterocycles. The Labute approximate surface area is 125 Å². The second-order valence-electron chi connectivity index (χ2n) is 5.84. The summed E-state index contributed by atoms with van der Waals surface area (Å²) in [6.07, 6.45) is 0.224. The third-order valence-electron chi connectivity index (χ3n) is 3.81. The minimum atomic E-state index is -0.311. The third-order valence-corrected chi connectivity index (χ3v) is 3.81. The van der Waals surface area contributed by atoms with E-state index in [0.717, 1.165) is 13.1 Å². The fourth-order valence-electron chi connectivity index (χ4n) is 2.62. The van der Waals surface area contributed by atoms with Crippen LogP contribution in [0.1, 0.15) is 26.3 Å². The van der Waals surface area contributed by atoms with Gasteiger partial charge >= 0.3 is 0 Å². The maximum atomic E-state index is 13.5. The molecule has 1 aliphatic rings. The molecule has 116 valence electrons. The molecule has 1 amide bonds. The molecule has 1 aromatic rings. The standard InChI is InChI=1S/C16H23FN2O2/c1-10-5-6-14(7-15(10)17)18-16(20)13(4)19-8-11(2)21-12(3)9-19/h5-7,11-13H,8-9H2,1-4H3,(H,18,20)/t11-,12-,13-/m1/s1. The van der Waals surface area contributed by atoms with Gasteiger partial charge in [-0.1, -0.05) is 6.07 Å². The zero-order valence-electron chi connectivity index (χ0n) is 13.0. The van der Waals surface area contributed by atoms with Crippen LogP contribution in [0.3, 0.4) is 0 Å². The Kier molecular flexibility index (Phi) is 4.96. The summed E-state index contributed by atoms with van der Waals surface area (Å²) < 4.78 is 19.2. The van der Waals surface area contributed by atoms with Crippen molar-refractivity contribution < 1.29 is 13.9 Å². The maximum Gasteiger partial charge on any atom is 0.241 e. The van der Waals surface area contributed by atoms with Crippen LogP contribution in [0.5, 0.6) is 0 Å². The van der Waals surface area contributed by atoms with E-state index in [9.17, 15) is 9.18 Å². The molecule has 3 atom stereocenters. The van der Waals surface area contributed by atoms with Crippen molar-refractivity contribution in [3.05, 3.63) is 29.6 Å². The van der Waals surface area contributed by atoms with Crippen LogP contribution in [0.15, 0.2) is 18.2 Å². The highest BCUT2D eigenvalue weighted by Gasteiger charge is 2.29. The van der Waals surface area contributed by atoms with E-state index in [1.807, 2.05) is 20.8 Å². The van der Waals surface area contributed by atoms with Crippen LogP contribution >= 0.6 is 0 Å². The third kappa shape index (κ3) is 4.02. The van der Waals surface area contributed by atoms with E-state index in [-0.39, 0.29) is 30.0 Å². The minimum absolute atomic E-state index is 0.112. The van der Waals surface area contributed by atoms with Crippen LogP contribution in [0.4, 0.5) is 10.1 Å². The summed E-state index contributed by atoms with van der Waals surface area (Å²) in [6.45, 7) is 9.01. The summed E-state index contributed by atoms with van der Waals surface area (Å²) in [5.74, 6) is -0.436. The van der Waals surface area contributed by atoms with Crippen LogP contribution < -0.4 is 5.32 Å². The number of benzene rings is 1. The highest BCUT2D eigenvalue weighted by Crippen LogP contribution is 2.17. The molecular formula is C16H23FN2O2. The number of nitrogens with zero attached hydrogens (tertiary/aromatic N) is 1. The molecule has 0 saturated carbocycles. The van der Waals surface area contributed by atoms with Crippen LogP contribution in [0.2, 0.25) is 0 Å². The zero-order chi connectivity index (χ0) is 15.6. The fourth-order valence-corrected chi connectivity index (χ4v) is 2.62. The van der Waals surface area contributed by atoms with Crippen LogP contribution in [0.25, 0.3) is 0 Å².